The highest BCUT2D eigenvalue weighted by Gasteiger charge is 2.27. The Hall–Kier alpha value is -1.90. The Kier molecular flexibility index (Phi) is 5.68. The molecule has 0 aromatic heterocycles. The lowest BCUT2D eigenvalue weighted by Gasteiger charge is -2.18. The van der Waals surface area contributed by atoms with E-state index >= 15 is 0 Å². The second kappa shape index (κ2) is 7.04. The molecule has 0 aliphatic rings. The van der Waals surface area contributed by atoms with Gasteiger partial charge in [-0.1, -0.05) is 0 Å². The standard InChI is InChI=1S/C12H19N3O5/c13-10-7(1-4-16)8(2-5-17)11(14)12(15(19)20)9(10)3-6-18/h16-18H,1-6,13-14H2. The van der Waals surface area contributed by atoms with Gasteiger partial charge in [0.15, 0.2) is 0 Å². The summed E-state index contributed by atoms with van der Waals surface area (Å²) >= 11 is 0. The van der Waals surface area contributed by atoms with Crippen LogP contribution in [0, 0.1) is 10.1 Å². The third-order valence-corrected chi connectivity index (χ3v) is 3.15. The number of hydrogen-bond acceptors (Lipinski definition) is 7. The predicted molar refractivity (Wildman–Crippen MR) is 74.3 cm³/mol. The van der Waals surface area contributed by atoms with Gasteiger partial charge in [-0.3, -0.25) is 10.1 Å². The highest BCUT2D eigenvalue weighted by atomic mass is 16.6. The van der Waals surface area contributed by atoms with E-state index in [4.69, 9.17) is 26.8 Å². The summed E-state index contributed by atoms with van der Waals surface area (Å²) in [5.74, 6) is 0. The van der Waals surface area contributed by atoms with Gasteiger partial charge in [-0.05, 0) is 24.0 Å². The van der Waals surface area contributed by atoms with Crippen LogP contribution in [0.1, 0.15) is 16.7 Å². The number of hydrogen-bond donors (Lipinski definition) is 5. The van der Waals surface area contributed by atoms with Gasteiger partial charge in [-0.15, -0.1) is 0 Å². The first-order valence-corrected chi connectivity index (χ1v) is 6.18. The predicted octanol–water partition coefficient (Wildman–Crippen LogP) is -0.636. The van der Waals surface area contributed by atoms with Gasteiger partial charge in [0.2, 0.25) is 0 Å². The Morgan fingerprint density at radius 3 is 1.65 bits per heavy atom. The van der Waals surface area contributed by atoms with Crippen molar-refractivity contribution >= 4 is 17.1 Å². The lowest BCUT2D eigenvalue weighted by Crippen LogP contribution is -2.14. The van der Waals surface area contributed by atoms with Crippen LogP contribution in [0.4, 0.5) is 17.1 Å². The van der Waals surface area contributed by atoms with Crippen molar-refractivity contribution < 1.29 is 20.2 Å². The van der Waals surface area contributed by atoms with Crippen molar-refractivity contribution in [3.63, 3.8) is 0 Å². The van der Waals surface area contributed by atoms with Crippen molar-refractivity contribution in [2.24, 2.45) is 0 Å². The van der Waals surface area contributed by atoms with Gasteiger partial charge in [-0.2, -0.15) is 0 Å². The lowest BCUT2D eigenvalue weighted by molar-refractivity contribution is -0.384. The maximum Gasteiger partial charge on any atom is 0.297 e. The normalized spacial score (nSPS) is 10.8. The molecule has 0 saturated carbocycles. The number of aliphatic hydroxyl groups is 3. The highest BCUT2D eigenvalue weighted by molar-refractivity contribution is 5.78. The van der Waals surface area contributed by atoms with E-state index in [-0.39, 0.29) is 61.7 Å². The molecule has 0 amide bonds. The molecule has 1 rings (SSSR count). The van der Waals surface area contributed by atoms with Gasteiger partial charge in [0.1, 0.15) is 5.69 Å². The molecule has 0 fully saturated rings. The smallest absolute Gasteiger partial charge is 0.297 e. The minimum atomic E-state index is -0.639. The molecule has 0 radical (unpaired) electrons. The van der Waals surface area contributed by atoms with Crippen molar-refractivity contribution in [3.05, 3.63) is 26.8 Å². The van der Waals surface area contributed by atoms with Crippen LogP contribution >= 0.6 is 0 Å². The Morgan fingerprint density at radius 2 is 1.25 bits per heavy atom. The van der Waals surface area contributed by atoms with Crippen LogP contribution in [0.3, 0.4) is 0 Å². The zero-order valence-electron chi connectivity index (χ0n) is 11.0. The van der Waals surface area contributed by atoms with Gasteiger partial charge >= 0.3 is 0 Å². The summed E-state index contributed by atoms with van der Waals surface area (Å²) in [6.45, 7) is -0.737. The molecule has 112 valence electrons. The molecular formula is C12H19N3O5. The molecule has 0 saturated heterocycles. The number of aliphatic hydroxyl groups excluding tert-OH is 3. The maximum atomic E-state index is 11.2. The van der Waals surface area contributed by atoms with Crippen LogP contribution in [-0.4, -0.2) is 40.1 Å². The Balaban J connectivity index is 3.64. The average molecular weight is 285 g/mol. The van der Waals surface area contributed by atoms with Crippen LogP contribution in [0.5, 0.6) is 0 Å². The fourth-order valence-corrected chi connectivity index (χ4v) is 2.31. The second-order valence-electron chi connectivity index (χ2n) is 4.29. The summed E-state index contributed by atoms with van der Waals surface area (Å²) < 4.78 is 0. The zero-order valence-corrected chi connectivity index (χ0v) is 11.0. The Morgan fingerprint density at radius 1 is 0.850 bits per heavy atom. The molecule has 8 nitrogen and oxygen atoms in total. The first-order chi connectivity index (χ1) is 9.49. The van der Waals surface area contributed by atoms with Gasteiger partial charge in [0.25, 0.3) is 5.69 Å². The number of rotatable bonds is 7. The fourth-order valence-electron chi connectivity index (χ4n) is 2.31. The Bertz CT molecular complexity index is 505. The quantitative estimate of drug-likeness (QED) is 0.253. The first kappa shape index (κ1) is 16.2. The summed E-state index contributed by atoms with van der Waals surface area (Å²) in [7, 11) is 0. The van der Waals surface area contributed by atoms with E-state index in [2.05, 4.69) is 0 Å². The third kappa shape index (κ3) is 2.98. The fraction of sp³-hybridized carbons (Fsp3) is 0.500. The number of nitro benzene ring substituents is 1. The van der Waals surface area contributed by atoms with E-state index in [0.717, 1.165) is 0 Å². The van der Waals surface area contributed by atoms with E-state index in [9.17, 15) is 10.1 Å². The van der Waals surface area contributed by atoms with Crippen molar-refractivity contribution in [3.8, 4) is 0 Å². The van der Waals surface area contributed by atoms with E-state index in [1.54, 1.807) is 0 Å². The number of anilines is 2. The number of nitro groups is 1. The van der Waals surface area contributed by atoms with E-state index in [0.29, 0.717) is 11.1 Å². The minimum absolute atomic E-state index is 0.00415. The zero-order chi connectivity index (χ0) is 15.3. The largest absolute Gasteiger partial charge is 0.398 e. The second-order valence-corrected chi connectivity index (χ2v) is 4.29. The molecule has 1 aromatic carbocycles. The lowest BCUT2D eigenvalue weighted by atomic mass is 9.92. The van der Waals surface area contributed by atoms with Crippen molar-refractivity contribution in [1.29, 1.82) is 0 Å². The van der Waals surface area contributed by atoms with Gasteiger partial charge in [-0.25, -0.2) is 0 Å². The van der Waals surface area contributed by atoms with Gasteiger partial charge in [0, 0.05) is 31.9 Å². The van der Waals surface area contributed by atoms with Crippen LogP contribution < -0.4 is 11.5 Å². The Labute approximate surface area is 115 Å². The molecule has 0 heterocycles. The summed E-state index contributed by atoms with van der Waals surface area (Å²) in [6, 6.07) is 0. The van der Waals surface area contributed by atoms with E-state index in [1.165, 1.54) is 0 Å². The first-order valence-electron chi connectivity index (χ1n) is 6.18. The van der Waals surface area contributed by atoms with Gasteiger partial charge < -0.3 is 26.8 Å². The number of nitrogens with two attached hydrogens (primary N) is 2. The minimum Gasteiger partial charge on any atom is -0.398 e. The van der Waals surface area contributed by atoms with Crippen LogP contribution in [-0.2, 0) is 19.3 Å². The number of nitrogen functional groups attached to an aromatic ring is 2. The molecule has 1 aromatic rings. The SMILES string of the molecule is Nc1c(CCO)c(CCO)c(N)c([N+](=O)[O-])c1CCO. The molecule has 0 atom stereocenters. The molecule has 0 aliphatic heterocycles. The molecule has 0 aliphatic carbocycles. The summed E-state index contributed by atoms with van der Waals surface area (Å²) in [5.41, 5.74) is 12.6. The maximum absolute atomic E-state index is 11.2. The van der Waals surface area contributed by atoms with Gasteiger partial charge in [0.05, 0.1) is 10.5 Å². The molecule has 0 bridgehead atoms. The topological polar surface area (TPSA) is 156 Å². The van der Waals surface area contributed by atoms with Crippen molar-refractivity contribution in [2.75, 3.05) is 31.3 Å². The van der Waals surface area contributed by atoms with Crippen LogP contribution in [0.15, 0.2) is 0 Å². The van der Waals surface area contributed by atoms with E-state index < -0.39 is 4.92 Å². The monoisotopic (exact) mass is 285 g/mol. The van der Waals surface area contributed by atoms with Crippen molar-refractivity contribution in [2.45, 2.75) is 19.3 Å². The summed E-state index contributed by atoms with van der Waals surface area (Å²) in [4.78, 5) is 10.5. The molecule has 0 unspecified atom stereocenters. The molecule has 7 N–H and O–H groups in total. The van der Waals surface area contributed by atoms with Crippen LogP contribution in [0.25, 0.3) is 0 Å². The molecule has 20 heavy (non-hydrogen) atoms. The van der Waals surface area contributed by atoms with Crippen molar-refractivity contribution in [1.82, 2.24) is 0 Å². The van der Waals surface area contributed by atoms with Crippen LogP contribution in [0.2, 0.25) is 0 Å². The van der Waals surface area contributed by atoms with E-state index in [1.807, 2.05) is 0 Å². The average Bonchev–Trinajstić information content (AvgIpc) is 2.39. The molecule has 8 heteroatoms. The number of nitrogens with zero attached hydrogens (tertiary/aromatic N) is 1. The molecular weight excluding hydrogens is 266 g/mol. The number of benzene rings is 1. The molecule has 0 spiro atoms. The highest BCUT2D eigenvalue weighted by Crippen LogP contribution is 2.38. The third-order valence-electron chi connectivity index (χ3n) is 3.15. The summed E-state index contributed by atoms with van der Waals surface area (Å²) in [6.07, 6.45) is 0.303. The summed E-state index contributed by atoms with van der Waals surface area (Å²) in [5, 5.41) is 38.3.